The summed E-state index contributed by atoms with van der Waals surface area (Å²) in [7, 11) is 0. The quantitative estimate of drug-likeness (QED) is 0.590. The Morgan fingerprint density at radius 2 is 1.79 bits per heavy atom. The zero-order chi connectivity index (χ0) is 12.9. The van der Waals surface area contributed by atoms with E-state index >= 15 is 0 Å². The Balaban J connectivity index is 0.000000259. The van der Waals surface area contributed by atoms with Gasteiger partial charge < -0.3 is 4.42 Å². The summed E-state index contributed by atoms with van der Waals surface area (Å²) in [6.45, 7) is 0.328. The first kappa shape index (κ1) is 18.2. The van der Waals surface area contributed by atoms with E-state index in [1.165, 1.54) is 0 Å². The summed E-state index contributed by atoms with van der Waals surface area (Å²) in [5, 5.41) is 0. The second-order valence-electron chi connectivity index (χ2n) is 3.34. The Labute approximate surface area is 134 Å². The largest absolute Gasteiger partial charge is 2.00 e. The Bertz CT molecular complexity index is 364. The molecule has 19 heavy (non-hydrogen) atoms. The molecule has 0 spiro atoms. The molecule has 0 bridgehead atoms. The van der Waals surface area contributed by atoms with Gasteiger partial charge in [-0.05, 0) is 12.1 Å². The zero-order valence-corrected chi connectivity index (χ0v) is 12.8. The van der Waals surface area contributed by atoms with Crippen molar-refractivity contribution >= 4 is 11.9 Å². The van der Waals surface area contributed by atoms with Gasteiger partial charge in [-0.1, -0.05) is 0 Å². The number of hydrogen-bond donors (Lipinski definition) is 0. The third-order valence-corrected chi connectivity index (χ3v) is 2.06. The SMILES string of the molecule is ClOCc1ccco1.[C-]1=CC=CC1.[C-]1=CC=CC1.[Ti+2]. The van der Waals surface area contributed by atoms with Gasteiger partial charge in [-0.2, -0.15) is 12.2 Å². The number of furan rings is 1. The van der Waals surface area contributed by atoms with Crippen molar-refractivity contribution in [1.29, 1.82) is 0 Å². The Morgan fingerprint density at radius 1 is 1.16 bits per heavy atom. The van der Waals surface area contributed by atoms with Gasteiger partial charge in [0.15, 0.2) is 0 Å². The summed E-state index contributed by atoms with van der Waals surface area (Å²) in [6, 6.07) is 3.58. The first-order valence-electron chi connectivity index (χ1n) is 5.63. The van der Waals surface area contributed by atoms with Crippen LogP contribution >= 0.6 is 11.9 Å². The minimum atomic E-state index is 0. The van der Waals surface area contributed by atoms with Crippen LogP contribution in [-0.2, 0) is 32.6 Å². The molecule has 1 heterocycles. The summed E-state index contributed by atoms with van der Waals surface area (Å²) in [6.07, 6.45) is 21.6. The molecule has 0 fully saturated rings. The van der Waals surface area contributed by atoms with Gasteiger partial charge in [0.2, 0.25) is 0 Å². The maximum atomic E-state index is 4.93. The maximum absolute atomic E-state index is 4.93. The first-order valence-corrected chi connectivity index (χ1v) is 5.93. The van der Waals surface area contributed by atoms with Gasteiger partial charge in [0.25, 0.3) is 0 Å². The van der Waals surface area contributed by atoms with Gasteiger partial charge in [-0.25, -0.2) is 24.3 Å². The minimum Gasteiger partial charge on any atom is -0.467 e. The molecule has 0 radical (unpaired) electrons. The van der Waals surface area contributed by atoms with Crippen LogP contribution in [0.1, 0.15) is 18.6 Å². The Morgan fingerprint density at radius 3 is 2.05 bits per heavy atom. The van der Waals surface area contributed by atoms with E-state index in [2.05, 4.69) is 28.6 Å². The van der Waals surface area contributed by atoms with E-state index in [1.807, 2.05) is 24.3 Å². The normalized spacial score (nSPS) is 13.3. The van der Waals surface area contributed by atoms with E-state index < -0.39 is 0 Å². The summed E-state index contributed by atoms with van der Waals surface area (Å²) < 4.78 is 9.13. The van der Waals surface area contributed by atoms with Crippen molar-refractivity contribution in [2.24, 2.45) is 0 Å². The monoisotopic (exact) mass is 310 g/mol. The van der Waals surface area contributed by atoms with Crippen molar-refractivity contribution in [3.63, 3.8) is 0 Å². The van der Waals surface area contributed by atoms with Crippen molar-refractivity contribution in [2.45, 2.75) is 19.4 Å². The smallest absolute Gasteiger partial charge is 0.467 e. The average Bonchev–Trinajstić information content (AvgIpc) is 3.17. The van der Waals surface area contributed by atoms with Gasteiger partial charge in [0.05, 0.1) is 18.1 Å². The van der Waals surface area contributed by atoms with Gasteiger partial charge in [-0.3, -0.25) is 16.4 Å². The molecule has 1 aromatic rings. The molecule has 2 nitrogen and oxygen atoms in total. The molecule has 0 saturated heterocycles. The third kappa shape index (κ3) is 10.8. The number of allylic oxidation sites excluding steroid dienone is 8. The molecule has 3 rings (SSSR count). The minimum absolute atomic E-state index is 0. The Kier molecular flexibility index (Phi) is 13.1. The van der Waals surface area contributed by atoms with Gasteiger partial charge in [-0.15, -0.1) is 12.8 Å². The number of rotatable bonds is 2. The van der Waals surface area contributed by atoms with Crippen LogP contribution in [0.5, 0.6) is 0 Å². The molecular formula is C15H15ClO2Ti. The van der Waals surface area contributed by atoms with E-state index in [0.717, 1.165) is 18.6 Å². The van der Waals surface area contributed by atoms with Crippen LogP contribution in [0.15, 0.2) is 59.3 Å². The van der Waals surface area contributed by atoms with Gasteiger partial charge in [0.1, 0.15) is 12.4 Å². The van der Waals surface area contributed by atoms with Crippen molar-refractivity contribution < 1.29 is 30.4 Å². The van der Waals surface area contributed by atoms with Crippen LogP contribution < -0.4 is 0 Å². The average molecular weight is 311 g/mol. The summed E-state index contributed by atoms with van der Waals surface area (Å²) in [4.78, 5) is 0. The van der Waals surface area contributed by atoms with Gasteiger partial charge >= 0.3 is 21.7 Å². The molecule has 0 saturated carbocycles. The molecule has 0 amide bonds. The molecular weight excluding hydrogens is 295 g/mol. The van der Waals surface area contributed by atoms with Crippen LogP contribution in [0.4, 0.5) is 0 Å². The molecule has 0 N–H and O–H groups in total. The molecule has 2 aliphatic carbocycles. The molecule has 0 aliphatic heterocycles. The van der Waals surface area contributed by atoms with E-state index in [-0.39, 0.29) is 21.7 Å². The molecule has 1 aromatic heterocycles. The Hall–Kier alpha value is -0.796. The molecule has 4 heteroatoms. The predicted octanol–water partition coefficient (Wildman–Crippen LogP) is 4.56. The van der Waals surface area contributed by atoms with Crippen molar-refractivity contribution in [3.05, 3.63) is 72.8 Å². The number of hydrogen-bond acceptors (Lipinski definition) is 2. The fourth-order valence-corrected chi connectivity index (χ4v) is 1.24. The standard InChI is InChI=1S/C5H5ClO2.2C5H5.Ti/c6-8-4-5-2-1-3-7-5;2*1-2-4-5-3-1;/h1-3H,4H2;2*1-3H,4H2;/q;2*-1;+2. The topological polar surface area (TPSA) is 22.4 Å². The second-order valence-corrected chi connectivity index (χ2v) is 3.56. The van der Waals surface area contributed by atoms with Crippen LogP contribution in [0.25, 0.3) is 0 Å². The van der Waals surface area contributed by atoms with Crippen LogP contribution in [0.3, 0.4) is 0 Å². The summed E-state index contributed by atoms with van der Waals surface area (Å²) >= 11 is 4.93. The van der Waals surface area contributed by atoms with Crippen LogP contribution in [0.2, 0.25) is 0 Å². The first-order chi connectivity index (χ1) is 8.93. The second kappa shape index (κ2) is 13.6. The van der Waals surface area contributed by atoms with Crippen molar-refractivity contribution in [3.8, 4) is 0 Å². The fourth-order valence-electron chi connectivity index (χ4n) is 1.13. The summed E-state index contributed by atoms with van der Waals surface area (Å²) in [5.74, 6) is 0.736. The van der Waals surface area contributed by atoms with E-state index in [1.54, 1.807) is 18.4 Å². The molecule has 0 atom stereocenters. The zero-order valence-electron chi connectivity index (χ0n) is 10.5. The van der Waals surface area contributed by atoms with Crippen molar-refractivity contribution in [2.75, 3.05) is 0 Å². The van der Waals surface area contributed by atoms with Crippen LogP contribution in [-0.4, -0.2) is 0 Å². The van der Waals surface area contributed by atoms with E-state index in [9.17, 15) is 0 Å². The maximum Gasteiger partial charge on any atom is 2.00 e. The molecule has 0 unspecified atom stereocenters. The van der Waals surface area contributed by atoms with E-state index in [0.29, 0.717) is 6.61 Å². The fraction of sp³-hybridized carbons (Fsp3) is 0.200. The summed E-state index contributed by atoms with van der Waals surface area (Å²) in [5.41, 5.74) is 0. The number of halogens is 1. The van der Waals surface area contributed by atoms with Gasteiger partial charge in [0, 0.05) is 0 Å². The van der Waals surface area contributed by atoms with E-state index in [4.69, 9.17) is 16.3 Å². The molecule has 98 valence electrons. The predicted molar refractivity (Wildman–Crippen MR) is 72.5 cm³/mol. The molecule has 2 aliphatic rings. The third-order valence-electron chi connectivity index (χ3n) is 1.95. The van der Waals surface area contributed by atoms with Crippen molar-refractivity contribution in [1.82, 2.24) is 0 Å². The van der Waals surface area contributed by atoms with Crippen LogP contribution in [0, 0.1) is 12.2 Å². The molecule has 0 aromatic carbocycles.